The molecule has 1 saturated heterocycles. The third-order valence-electron chi connectivity index (χ3n) is 3.51. The molecule has 1 aliphatic heterocycles. The third kappa shape index (κ3) is 3.45. The smallest absolute Gasteiger partial charge is 0.120 e. The van der Waals surface area contributed by atoms with E-state index in [2.05, 4.69) is 17.1 Å². The minimum atomic E-state index is 0.383. The first kappa shape index (κ1) is 12.4. The van der Waals surface area contributed by atoms with E-state index < -0.39 is 0 Å². The van der Waals surface area contributed by atoms with E-state index in [-0.39, 0.29) is 0 Å². The Morgan fingerprint density at radius 1 is 1.29 bits per heavy atom. The van der Waals surface area contributed by atoms with Crippen molar-refractivity contribution < 1.29 is 5.11 Å². The van der Waals surface area contributed by atoms with Crippen molar-refractivity contribution in [3.63, 3.8) is 0 Å². The summed E-state index contributed by atoms with van der Waals surface area (Å²) in [4.78, 5) is 2.53. The first-order valence-electron chi connectivity index (χ1n) is 6.49. The number of likely N-dealkylation sites (tertiary alicyclic amines) is 1. The predicted molar refractivity (Wildman–Crippen MR) is 70.1 cm³/mol. The molecule has 0 radical (unpaired) electrons. The van der Waals surface area contributed by atoms with Crippen LogP contribution in [-0.4, -0.2) is 35.7 Å². The highest BCUT2D eigenvalue weighted by atomic mass is 16.3. The van der Waals surface area contributed by atoms with Gasteiger partial charge >= 0.3 is 0 Å². The molecular formula is C14H22N2O. The van der Waals surface area contributed by atoms with Gasteiger partial charge in [0.2, 0.25) is 0 Å². The highest BCUT2D eigenvalue weighted by Crippen LogP contribution is 2.15. The predicted octanol–water partition coefficient (Wildman–Crippen LogP) is 1.97. The van der Waals surface area contributed by atoms with Crippen molar-refractivity contribution in [2.24, 2.45) is 0 Å². The SMILES string of the molecule is CC(CNCc1ccccc1O)N1CCCC1. The lowest BCUT2D eigenvalue weighted by molar-refractivity contribution is 0.251. The van der Waals surface area contributed by atoms with Gasteiger partial charge in [0.25, 0.3) is 0 Å². The zero-order chi connectivity index (χ0) is 12.1. The molecule has 3 heteroatoms. The minimum absolute atomic E-state index is 0.383. The van der Waals surface area contributed by atoms with Gasteiger partial charge in [-0.2, -0.15) is 0 Å². The van der Waals surface area contributed by atoms with Gasteiger partial charge in [0, 0.05) is 24.7 Å². The fourth-order valence-corrected chi connectivity index (χ4v) is 2.39. The molecule has 0 saturated carbocycles. The Balaban J connectivity index is 1.74. The van der Waals surface area contributed by atoms with Crippen LogP contribution in [0.5, 0.6) is 5.75 Å². The zero-order valence-corrected chi connectivity index (χ0v) is 10.5. The summed E-state index contributed by atoms with van der Waals surface area (Å²) in [6.07, 6.45) is 2.67. The lowest BCUT2D eigenvalue weighted by Crippen LogP contribution is -2.38. The van der Waals surface area contributed by atoms with Crippen LogP contribution >= 0.6 is 0 Å². The molecule has 1 heterocycles. The monoisotopic (exact) mass is 234 g/mol. The summed E-state index contributed by atoms with van der Waals surface area (Å²) in [5.74, 6) is 0.383. The van der Waals surface area contributed by atoms with Crippen LogP contribution in [0.3, 0.4) is 0 Å². The average molecular weight is 234 g/mol. The fourth-order valence-electron chi connectivity index (χ4n) is 2.39. The van der Waals surface area contributed by atoms with Crippen molar-refractivity contribution in [3.8, 4) is 5.75 Å². The Hall–Kier alpha value is -1.06. The molecule has 0 aromatic heterocycles. The van der Waals surface area contributed by atoms with E-state index in [9.17, 15) is 5.11 Å². The van der Waals surface area contributed by atoms with Crippen molar-refractivity contribution in [2.45, 2.75) is 32.4 Å². The number of rotatable bonds is 5. The van der Waals surface area contributed by atoms with Crippen molar-refractivity contribution in [1.82, 2.24) is 10.2 Å². The van der Waals surface area contributed by atoms with Crippen LogP contribution in [0.2, 0.25) is 0 Å². The second-order valence-corrected chi connectivity index (χ2v) is 4.85. The summed E-state index contributed by atoms with van der Waals surface area (Å²) in [5, 5.41) is 13.1. The lowest BCUT2D eigenvalue weighted by atomic mass is 10.2. The van der Waals surface area contributed by atoms with Crippen LogP contribution in [0.15, 0.2) is 24.3 Å². The number of phenolic OH excluding ortho intramolecular Hbond substituents is 1. The van der Waals surface area contributed by atoms with Crippen molar-refractivity contribution in [3.05, 3.63) is 29.8 Å². The first-order chi connectivity index (χ1) is 8.27. The fraction of sp³-hybridized carbons (Fsp3) is 0.571. The summed E-state index contributed by atoms with van der Waals surface area (Å²) in [7, 11) is 0. The van der Waals surface area contributed by atoms with Crippen LogP contribution < -0.4 is 5.32 Å². The molecule has 17 heavy (non-hydrogen) atoms. The zero-order valence-electron chi connectivity index (χ0n) is 10.5. The van der Waals surface area contributed by atoms with E-state index in [1.165, 1.54) is 25.9 Å². The van der Waals surface area contributed by atoms with E-state index in [1.807, 2.05) is 18.2 Å². The van der Waals surface area contributed by atoms with Crippen LogP contribution in [0.1, 0.15) is 25.3 Å². The highest BCUT2D eigenvalue weighted by molar-refractivity contribution is 5.31. The second-order valence-electron chi connectivity index (χ2n) is 4.85. The van der Waals surface area contributed by atoms with Crippen LogP contribution in [-0.2, 0) is 6.54 Å². The average Bonchev–Trinajstić information content (AvgIpc) is 2.85. The van der Waals surface area contributed by atoms with Crippen molar-refractivity contribution >= 4 is 0 Å². The molecule has 0 aliphatic carbocycles. The number of nitrogens with zero attached hydrogens (tertiary/aromatic N) is 1. The quantitative estimate of drug-likeness (QED) is 0.817. The van der Waals surface area contributed by atoms with E-state index in [0.29, 0.717) is 11.8 Å². The molecule has 1 unspecified atom stereocenters. The summed E-state index contributed by atoms with van der Waals surface area (Å²) in [5.41, 5.74) is 0.973. The number of aromatic hydroxyl groups is 1. The molecule has 2 rings (SSSR count). The Morgan fingerprint density at radius 3 is 2.71 bits per heavy atom. The van der Waals surface area contributed by atoms with Crippen LogP contribution in [0.25, 0.3) is 0 Å². The molecule has 1 aliphatic rings. The lowest BCUT2D eigenvalue weighted by Gasteiger charge is -2.24. The molecule has 0 amide bonds. The Bertz CT molecular complexity index is 348. The van der Waals surface area contributed by atoms with Crippen LogP contribution in [0.4, 0.5) is 0 Å². The van der Waals surface area contributed by atoms with Gasteiger partial charge in [0.15, 0.2) is 0 Å². The largest absolute Gasteiger partial charge is 0.508 e. The van der Waals surface area contributed by atoms with Crippen molar-refractivity contribution in [1.29, 1.82) is 0 Å². The van der Waals surface area contributed by atoms with Gasteiger partial charge < -0.3 is 10.4 Å². The number of benzene rings is 1. The van der Waals surface area contributed by atoms with E-state index in [1.54, 1.807) is 6.07 Å². The van der Waals surface area contributed by atoms with Crippen molar-refractivity contribution in [2.75, 3.05) is 19.6 Å². The van der Waals surface area contributed by atoms with Gasteiger partial charge in [-0.05, 0) is 38.9 Å². The molecule has 1 fully saturated rings. The Kier molecular flexibility index (Phi) is 4.40. The number of phenols is 1. The Labute approximate surface area is 103 Å². The molecule has 3 nitrogen and oxygen atoms in total. The van der Waals surface area contributed by atoms with Gasteiger partial charge in [-0.15, -0.1) is 0 Å². The molecule has 1 aromatic rings. The maximum absolute atomic E-state index is 9.64. The van der Waals surface area contributed by atoms with Crippen LogP contribution in [0, 0.1) is 0 Å². The molecular weight excluding hydrogens is 212 g/mol. The number of hydrogen-bond donors (Lipinski definition) is 2. The molecule has 0 bridgehead atoms. The normalized spacial score (nSPS) is 18.4. The highest BCUT2D eigenvalue weighted by Gasteiger charge is 2.17. The summed E-state index contributed by atoms with van der Waals surface area (Å²) < 4.78 is 0. The molecule has 1 atom stereocenters. The first-order valence-corrected chi connectivity index (χ1v) is 6.49. The van der Waals surface area contributed by atoms with E-state index >= 15 is 0 Å². The molecule has 1 aromatic carbocycles. The maximum Gasteiger partial charge on any atom is 0.120 e. The van der Waals surface area contributed by atoms with Gasteiger partial charge in [0.1, 0.15) is 5.75 Å². The minimum Gasteiger partial charge on any atom is -0.508 e. The molecule has 2 N–H and O–H groups in total. The summed E-state index contributed by atoms with van der Waals surface area (Å²) in [6, 6.07) is 8.10. The molecule has 94 valence electrons. The van der Waals surface area contributed by atoms with E-state index in [4.69, 9.17) is 0 Å². The third-order valence-corrected chi connectivity index (χ3v) is 3.51. The standard InChI is InChI=1S/C14H22N2O/c1-12(16-8-4-5-9-16)10-15-11-13-6-2-3-7-14(13)17/h2-3,6-7,12,15,17H,4-5,8-11H2,1H3. The molecule has 0 spiro atoms. The maximum atomic E-state index is 9.64. The van der Waals surface area contributed by atoms with Gasteiger partial charge in [-0.3, -0.25) is 4.90 Å². The number of para-hydroxylation sites is 1. The van der Waals surface area contributed by atoms with Gasteiger partial charge in [-0.1, -0.05) is 18.2 Å². The Morgan fingerprint density at radius 2 is 2.00 bits per heavy atom. The number of nitrogens with one attached hydrogen (secondary N) is 1. The van der Waals surface area contributed by atoms with Gasteiger partial charge in [-0.25, -0.2) is 0 Å². The van der Waals surface area contributed by atoms with Gasteiger partial charge in [0.05, 0.1) is 0 Å². The summed E-state index contributed by atoms with van der Waals surface area (Å²) in [6.45, 7) is 6.46. The topological polar surface area (TPSA) is 35.5 Å². The van der Waals surface area contributed by atoms with E-state index in [0.717, 1.165) is 18.7 Å². The number of hydrogen-bond acceptors (Lipinski definition) is 3. The summed E-state index contributed by atoms with van der Waals surface area (Å²) >= 11 is 0. The second kappa shape index (κ2) is 6.03.